The summed E-state index contributed by atoms with van der Waals surface area (Å²) in [6.45, 7) is 4.00. The first kappa shape index (κ1) is 14.4. The molecule has 2 aromatic rings. The number of halogens is 1. The minimum Gasteiger partial charge on any atom is -0.486 e. The van der Waals surface area contributed by atoms with Crippen LogP contribution < -0.4 is 9.47 Å². The summed E-state index contributed by atoms with van der Waals surface area (Å²) in [4.78, 5) is 0. The van der Waals surface area contributed by atoms with Crippen molar-refractivity contribution in [3.05, 3.63) is 40.1 Å². The van der Waals surface area contributed by atoms with Crippen molar-refractivity contribution in [2.75, 3.05) is 13.2 Å². The Morgan fingerprint density at radius 3 is 2.95 bits per heavy atom. The second-order valence-electron chi connectivity index (χ2n) is 4.97. The van der Waals surface area contributed by atoms with Gasteiger partial charge in [-0.25, -0.2) is 0 Å². The predicted molar refractivity (Wildman–Crippen MR) is 81.7 cm³/mol. The smallest absolute Gasteiger partial charge is 0.175 e. The molecule has 1 aliphatic rings. The zero-order valence-corrected chi connectivity index (χ0v) is 13.3. The van der Waals surface area contributed by atoms with Crippen molar-refractivity contribution >= 4 is 15.9 Å². The van der Waals surface area contributed by atoms with Gasteiger partial charge in [-0.1, -0.05) is 6.92 Å². The molecule has 0 saturated carbocycles. The molecule has 5 nitrogen and oxygen atoms in total. The first-order valence-electron chi connectivity index (χ1n) is 6.98. The highest BCUT2D eigenvalue weighted by molar-refractivity contribution is 9.10. The molecule has 1 aromatic carbocycles. The fourth-order valence-electron chi connectivity index (χ4n) is 2.35. The Balaban J connectivity index is 1.90. The molecule has 0 spiro atoms. The van der Waals surface area contributed by atoms with Crippen molar-refractivity contribution in [2.24, 2.45) is 0 Å². The Kier molecular flexibility index (Phi) is 4.17. The van der Waals surface area contributed by atoms with E-state index >= 15 is 0 Å². The van der Waals surface area contributed by atoms with Crippen LogP contribution in [0.3, 0.4) is 0 Å². The van der Waals surface area contributed by atoms with Gasteiger partial charge in [-0.3, -0.25) is 4.68 Å². The predicted octanol–water partition coefficient (Wildman–Crippen LogP) is 2.91. The summed E-state index contributed by atoms with van der Waals surface area (Å²) in [5, 5.41) is 14.8. The topological polar surface area (TPSA) is 56.5 Å². The van der Waals surface area contributed by atoms with Crippen LogP contribution in [-0.2, 0) is 6.54 Å². The van der Waals surface area contributed by atoms with Crippen molar-refractivity contribution in [3.63, 3.8) is 0 Å². The van der Waals surface area contributed by atoms with Crippen molar-refractivity contribution < 1.29 is 14.6 Å². The van der Waals surface area contributed by atoms with Crippen LogP contribution in [0, 0.1) is 0 Å². The maximum absolute atomic E-state index is 10.5. The molecule has 0 saturated heterocycles. The fourth-order valence-corrected chi connectivity index (χ4v) is 2.93. The highest BCUT2D eigenvalue weighted by Gasteiger charge is 2.20. The third kappa shape index (κ3) is 2.91. The lowest BCUT2D eigenvalue weighted by atomic mass is 10.0. The van der Waals surface area contributed by atoms with E-state index in [4.69, 9.17) is 9.47 Å². The SMILES string of the molecule is CCCn1cc(C(O)c2cc(Br)c3c(c2)OCCO3)cn1. The number of hydrogen-bond acceptors (Lipinski definition) is 4. The second-order valence-corrected chi connectivity index (χ2v) is 5.82. The molecule has 0 bridgehead atoms. The largest absolute Gasteiger partial charge is 0.486 e. The average molecular weight is 353 g/mol. The average Bonchev–Trinajstić information content (AvgIpc) is 2.95. The summed E-state index contributed by atoms with van der Waals surface area (Å²) in [6.07, 6.45) is 3.85. The molecule has 1 atom stereocenters. The van der Waals surface area contributed by atoms with E-state index in [-0.39, 0.29) is 0 Å². The van der Waals surface area contributed by atoms with E-state index in [0.717, 1.165) is 28.6 Å². The lowest BCUT2D eigenvalue weighted by molar-refractivity contribution is 0.168. The van der Waals surface area contributed by atoms with Crippen molar-refractivity contribution in [1.82, 2.24) is 9.78 Å². The summed E-state index contributed by atoms with van der Waals surface area (Å²) < 4.78 is 13.8. The molecule has 1 unspecified atom stereocenters. The van der Waals surface area contributed by atoms with Crippen LogP contribution in [0.4, 0.5) is 0 Å². The Morgan fingerprint density at radius 2 is 2.14 bits per heavy atom. The van der Waals surface area contributed by atoms with Gasteiger partial charge in [0.05, 0.1) is 10.7 Å². The normalized spacial score (nSPS) is 15.0. The van der Waals surface area contributed by atoms with Crippen LogP contribution in [0.5, 0.6) is 11.5 Å². The molecule has 1 aliphatic heterocycles. The zero-order chi connectivity index (χ0) is 14.8. The number of aromatic nitrogens is 2. The summed E-state index contributed by atoms with van der Waals surface area (Å²) in [6, 6.07) is 3.68. The first-order chi connectivity index (χ1) is 10.2. The fraction of sp³-hybridized carbons (Fsp3) is 0.400. The van der Waals surface area contributed by atoms with Gasteiger partial charge < -0.3 is 14.6 Å². The maximum atomic E-state index is 10.5. The van der Waals surface area contributed by atoms with Crippen molar-refractivity contribution in [2.45, 2.75) is 26.0 Å². The molecular formula is C15H17BrN2O3. The molecule has 1 N–H and O–H groups in total. The highest BCUT2D eigenvalue weighted by Crippen LogP contribution is 2.40. The number of aryl methyl sites for hydroxylation is 1. The molecule has 112 valence electrons. The third-order valence-electron chi connectivity index (χ3n) is 3.36. The van der Waals surface area contributed by atoms with E-state index in [9.17, 15) is 5.11 Å². The van der Waals surface area contributed by atoms with Gasteiger partial charge in [-0.15, -0.1) is 0 Å². The summed E-state index contributed by atoms with van der Waals surface area (Å²) in [7, 11) is 0. The van der Waals surface area contributed by atoms with Crippen LogP contribution in [0.15, 0.2) is 29.0 Å². The number of hydrogen-bond donors (Lipinski definition) is 1. The quantitative estimate of drug-likeness (QED) is 0.918. The minimum atomic E-state index is -0.734. The molecule has 1 aromatic heterocycles. The van der Waals surface area contributed by atoms with E-state index in [0.29, 0.717) is 24.7 Å². The number of aliphatic hydroxyl groups excluding tert-OH is 1. The van der Waals surface area contributed by atoms with Gasteiger partial charge >= 0.3 is 0 Å². The van der Waals surface area contributed by atoms with Gasteiger partial charge in [-0.2, -0.15) is 5.10 Å². The lowest BCUT2D eigenvalue weighted by Crippen LogP contribution is -2.16. The molecule has 6 heteroatoms. The number of nitrogens with zero attached hydrogens (tertiary/aromatic N) is 2. The molecule has 0 radical (unpaired) electrons. The molecule has 3 rings (SSSR count). The van der Waals surface area contributed by atoms with Gasteiger partial charge in [0, 0.05) is 18.3 Å². The second kappa shape index (κ2) is 6.07. The number of aliphatic hydroxyl groups is 1. The Labute approximate surface area is 131 Å². The van der Waals surface area contributed by atoms with E-state index in [1.165, 1.54) is 0 Å². The van der Waals surface area contributed by atoms with Gasteiger partial charge in [0.2, 0.25) is 0 Å². The van der Waals surface area contributed by atoms with Gasteiger partial charge in [0.15, 0.2) is 11.5 Å². The third-order valence-corrected chi connectivity index (χ3v) is 3.95. The van der Waals surface area contributed by atoms with E-state index < -0.39 is 6.10 Å². The molecule has 0 aliphatic carbocycles. The van der Waals surface area contributed by atoms with Crippen molar-refractivity contribution in [1.29, 1.82) is 0 Å². The van der Waals surface area contributed by atoms with Crippen LogP contribution in [0.25, 0.3) is 0 Å². The highest BCUT2D eigenvalue weighted by atomic mass is 79.9. The Morgan fingerprint density at radius 1 is 1.33 bits per heavy atom. The van der Waals surface area contributed by atoms with Gasteiger partial charge in [0.25, 0.3) is 0 Å². The summed E-state index contributed by atoms with van der Waals surface area (Å²) in [5.74, 6) is 1.35. The Bertz CT molecular complexity index is 642. The minimum absolute atomic E-state index is 0.521. The number of rotatable bonds is 4. The standard InChI is InChI=1S/C15H17BrN2O3/c1-2-3-18-9-11(8-17-18)14(19)10-6-12(16)15-13(7-10)20-4-5-21-15/h6-9,14,19H,2-5H2,1H3. The summed E-state index contributed by atoms with van der Waals surface area (Å²) >= 11 is 3.47. The number of fused-ring (bicyclic) bond motifs is 1. The van der Waals surface area contributed by atoms with Crippen LogP contribution in [0.1, 0.15) is 30.6 Å². The van der Waals surface area contributed by atoms with E-state index in [2.05, 4.69) is 28.0 Å². The van der Waals surface area contributed by atoms with Crippen LogP contribution in [0.2, 0.25) is 0 Å². The van der Waals surface area contributed by atoms with Crippen molar-refractivity contribution in [3.8, 4) is 11.5 Å². The van der Waals surface area contributed by atoms with Gasteiger partial charge in [0.1, 0.15) is 19.3 Å². The lowest BCUT2D eigenvalue weighted by Gasteiger charge is -2.21. The number of benzene rings is 1. The maximum Gasteiger partial charge on any atom is 0.175 e. The summed E-state index contributed by atoms with van der Waals surface area (Å²) in [5.41, 5.74) is 1.52. The van der Waals surface area contributed by atoms with E-state index in [1.54, 1.807) is 6.20 Å². The molecular weight excluding hydrogens is 336 g/mol. The van der Waals surface area contributed by atoms with Gasteiger partial charge in [-0.05, 0) is 40.0 Å². The first-order valence-corrected chi connectivity index (χ1v) is 7.77. The molecule has 0 amide bonds. The molecule has 2 heterocycles. The van der Waals surface area contributed by atoms with E-state index in [1.807, 2.05) is 23.0 Å². The number of ether oxygens (including phenoxy) is 2. The van der Waals surface area contributed by atoms with Crippen LogP contribution >= 0.6 is 15.9 Å². The monoisotopic (exact) mass is 352 g/mol. The van der Waals surface area contributed by atoms with Crippen LogP contribution in [-0.4, -0.2) is 28.1 Å². The zero-order valence-electron chi connectivity index (χ0n) is 11.8. The molecule has 0 fully saturated rings. The molecule has 21 heavy (non-hydrogen) atoms. The Hall–Kier alpha value is -1.53.